The third kappa shape index (κ3) is 6.36. The minimum absolute atomic E-state index is 0.0172. The van der Waals surface area contributed by atoms with Gasteiger partial charge in [0.15, 0.2) is 0 Å². The Balaban J connectivity index is 1.20. The smallest absolute Gasteiger partial charge is 0.371 e. The summed E-state index contributed by atoms with van der Waals surface area (Å²) < 4.78 is 38.8. The van der Waals surface area contributed by atoms with E-state index in [2.05, 4.69) is 17.5 Å². The first kappa shape index (κ1) is 29.0. The van der Waals surface area contributed by atoms with Crippen LogP contribution in [0, 0.1) is 5.92 Å². The topological polar surface area (TPSA) is 52.7 Å². The van der Waals surface area contributed by atoms with Gasteiger partial charge in [-0.05, 0) is 80.9 Å². The van der Waals surface area contributed by atoms with E-state index in [1.807, 2.05) is 53.1 Å². The number of hydrogen-bond donors (Lipinski definition) is 1. The molecule has 0 unspecified atom stereocenters. The number of nitrogens with one attached hydrogen (secondary N) is 1. The largest absolute Gasteiger partial charge is 0.416 e. The Morgan fingerprint density at radius 3 is 2.20 bits per heavy atom. The van der Waals surface area contributed by atoms with E-state index in [0.717, 1.165) is 36.2 Å². The number of nitrogens with zero attached hydrogens (tertiary/aromatic N) is 2. The van der Waals surface area contributed by atoms with Crippen molar-refractivity contribution in [1.29, 1.82) is 0 Å². The third-order valence-electron chi connectivity index (χ3n) is 9.04. The quantitative estimate of drug-likeness (QED) is 0.450. The molecule has 2 heterocycles. The summed E-state index contributed by atoms with van der Waals surface area (Å²) in [6.45, 7) is 4.31. The van der Waals surface area contributed by atoms with E-state index in [1.165, 1.54) is 17.7 Å². The van der Waals surface area contributed by atoms with Crippen LogP contribution >= 0.6 is 0 Å². The summed E-state index contributed by atoms with van der Waals surface area (Å²) in [4.78, 5) is 31.3. The van der Waals surface area contributed by atoms with Crippen LogP contribution in [0.2, 0.25) is 0 Å². The summed E-state index contributed by atoms with van der Waals surface area (Å²) in [5.74, 6) is 0.0142. The summed E-state index contributed by atoms with van der Waals surface area (Å²) in [5, 5.41) is 3.29. The highest BCUT2D eigenvalue weighted by molar-refractivity contribution is 5.89. The van der Waals surface area contributed by atoms with Crippen molar-refractivity contribution >= 4 is 17.5 Å². The number of halogens is 3. The van der Waals surface area contributed by atoms with E-state index < -0.39 is 17.2 Å². The van der Waals surface area contributed by atoms with Gasteiger partial charge in [-0.2, -0.15) is 13.2 Å². The number of allylic oxidation sites excluding steroid dienone is 3. The lowest BCUT2D eigenvalue weighted by atomic mass is 9.71. The van der Waals surface area contributed by atoms with Crippen LogP contribution in [0.25, 0.3) is 0 Å². The number of carbonyl (C=O) groups is 2. The normalized spacial score (nSPS) is 20.3. The number of rotatable bonds is 6. The molecular formula is C33H38F3N3O2. The Morgan fingerprint density at radius 1 is 0.951 bits per heavy atom. The zero-order chi connectivity index (χ0) is 29.0. The second-order valence-corrected chi connectivity index (χ2v) is 11.5. The predicted molar refractivity (Wildman–Crippen MR) is 154 cm³/mol. The van der Waals surface area contributed by atoms with Crippen molar-refractivity contribution in [2.75, 3.05) is 31.1 Å². The SMILES string of the molecule is C[C@H](NC(=O)C1(c2ccccc2)CCN(C(=O)C2CCN(c3ccc(C(F)(F)F)cc3)CC2)CC1)C1=CC=CCC1. The minimum Gasteiger partial charge on any atom is -0.371 e. The van der Waals surface area contributed by atoms with Crippen LogP contribution in [0.15, 0.2) is 78.4 Å². The van der Waals surface area contributed by atoms with Crippen LogP contribution in [0.1, 0.15) is 56.6 Å². The number of carbonyl (C=O) groups excluding carboxylic acids is 2. The fraction of sp³-hybridized carbons (Fsp3) is 0.455. The van der Waals surface area contributed by atoms with Crippen molar-refractivity contribution in [3.63, 3.8) is 0 Å². The third-order valence-corrected chi connectivity index (χ3v) is 9.04. The Kier molecular flexibility index (Phi) is 8.57. The first-order chi connectivity index (χ1) is 19.7. The van der Waals surface area contributed by atoms with Crippen LogP contribution < -0.4 is 10.2 Å². The van der Waals surface area contributed by atoms with Crippen LogP contribution in [0.5, 0.6) is 0 Å². The molecule has 0 bridgehead atoms. The van der Waals surface area contributed by atoms with E-state index in [4.69, 9.17) is 0 Å². The maximum Gasteiger partial charge on any atom is 0.416 e. The number of amides is 2. The monoisotopic (exact) mass is 565 g/mol. The average Bonchev–Trinajstić information content (AvgIpc) is 3.01. The number of piperidine rings is 2. The maximum absolute atomic E-state index is 13.9. The number of alkyl halides is 3. The van der Waals surface area contributed by atoms with E-state index in [1.54, 1.807) is 0 Å². The molecule has 3 aliphatic rings. The molecule has 5 nitrogen and oxygen atoms in total. The predicted octanol–water partition coefficient (Wildman–Crippen LogP) is 6.26. The second-order valence-electron chi connectivity index (χ2n) is 11.5. The van der Waals surface area contributed by atoms with Gasteiger partial charge in [-0.3, -0.25) is 9.59 Å². The van der Waals surface area contributed by atoms with Gasteiger partial charge in [-0.1, -0.05) is 48.6 Å². The van der Waals surface area contributed by atoms with Crippen molar-refractivity contribution in [1.82, 2.24) is 10.2 Å². The number of anilines is 1. The first-order valence-corrected chi connectivity index (χ1v) is 14.6. The Hall–Kier alpha value is -3.55. The number of likely N-dealkylation sites (tertiary alicyclic amines) is 1. The molecule has 2 amide bonds. The highest BCUT2D eigenvalue weighted by Crippen LogP contribution is 2.38. The average molecular weight is 566 g/mol. The number of benzene rings is 2. The molecule has 5 rings (SSSR count). The number of hydrogen-bond acceptors (Lipinski definition) is 3. The van der Waals surface area contributed by atoms with E-state index in [9.17, 15) is 22.8 Å². The molecule has 2 saturated heterocycles. The molecule has 2 aromatic rings. The van der Waals surface area contributed by atoms with E-state index in [-0.39, 0.29) is 23.8 Å². The van der Waals surface area contributed by atoms with Crippen molar-refractivity contribution < 1.29 is 22.8 Å². The lowest BCUT2D eigenvalue weighted by molar-refractivity contribution is -0.140. The molecule has 2 aromatic carbocycles. The van der Waals surface area contributed by atoms with Gasteiger partial charge in [-0.25, -0.2) is 0 Å². The lowest BCUT2D eigenvalue weighted by Crippen LogP contribution is -2.55. The minimum atomic E-state index is -4.35. The standard InChI is InChI=1S/C33H38F3N3O2/c1-24(25-8-4-2-5-9-25)37-31(41)32(27-10-6-3-7-11-27)18-22-39(23-19-32)30(40)26-16-20-38(21-17-26)29-14-12-28(13-15-29)33(34,35)36/h2-4,6-8,10-15,24,26H,5,9,16-23H2,1H3,(H,37,41)/t24-/m0/s1. The molecule has 2 aliphatic heterocycles. The molecule has 1 aliphatic carbocycles. The van der Waals surface area contributed by atoms with Crippen LogP contribution in [-0.2, 0) is 21.2 Å². The molecule has 0 spiro atoms. The molecule has 1 N–H and O–H groups in total. The fourth-order valence-electron chi connectivity index (χ4n) is 6.43. The van der Waals surface area contributed by atoms with Gasteiger partial charge >= 0.3 is 6.18 Å². The Bertz CT molecular complexity index is 1270. The Morgan fingerprint density at radius 2 is 1.61 bits per heavy atom. The van der Waals surface area contributed by atoms with Gasteiger partial charge in [0, 0.05) is 43.8 Å². The van der Waals surface area contributed by atoms with E-state index in [0.29, 0.717) is 51.9 Å². The van der Waals surface area contributed by atoms with Crippen LogP contribution in [0.4, 0.5) is 18.9 Å². The molecule has 0 aromatic heterocycles. The van der Waals surface area contributed by atoms with Crippen molar-refractivity contribution in [2.24, 2.45) is 5.92 Å². The zero-order valence-corrected chi connectivity index (χ0v) is 23.5. The van der Waals surface area contributed by atoms with Crippen LogP contribution in [0.3, 0.4) is 0 Å². The van der Waals surface area contributed by atoms with E-state index >= 15 is 0 Å². The summed E-state index contributed by atoms with van der Waals surface area (Å²) >= 11 is 0. The van der Waals surface area contributed by atoms with Crippen molar-refractivity contribution in [3.05, 3.63) is 89.5 Å². The summed E-state index contributed by atoms with van der Waals surface area (Å²) in [7, 11) is 0. The van der Waals surface area contributed by atoms with Gasteiger partial charge in [-0.15, -0.1) is 0 Å². The highest BCUT2D eigenvalue weighted by atomic mass is 19.4. The summed E-state index contributed by atoms with van der Waals surface area (Å²) in [5.41, 5.74) is 1.60. The molecule has 0 saturated carbocycles. The lowest BCUT2D eigenvalue weighted by Gasteiger charge is -2.43. The molecule has 8 heteroatoms. The molecule has 218 valence electrons. The summed E-state index contributed by atoms with van der Waals surface area (Å²) in [6.07, 6.45) is 6.27. The van der Waals surface area contributed by atoms with Crippen molar-refractivity contribution in [2.45, 2.75) is 63.1 Å². The summed E-state index contributed by atoms with van der Waals surface area (Å²) in [6, 6.07) is 15.1. The molecule has 1 atom stereocenters. The van der Waals surface area contributed by atoms with Crippen LogP contribution in [-0.4, -0.2) is 48.9 Å². The van der Waals surface area contributed by atoms with Gasteiger partial charge in [0.05, 0.1) is 11.0 Å². The maximum atomic E-state index is 13.9. The van der Waals surface area contributed by atoms with Crippen molar-refractivity contribution in [3.8, 4) is 0 Å². The van der Waals surface area contributed by atoms with Gasteiger partial charge in [0.25, 0.3) is 0 Å². The molecule has 2 fully saturated rings. The Labute approximate surface area is 240 Å². The van der Waals surface area contributed by atoms with Gasteiger partial charge < -0.3 is 15.1 Å². The highest BCUT2D eigenvalue weighted by Gasteiger charge is 2.45. The zero-order valence-electron chi connectivity index (χ0n) is 23.5. The molecular weight excluding hydrogens is 527 g/mol. The van der Waals surface area contributed by atoms with Gasteiger partial charge in [0.1, 0.15) is 0 Å². The first-order valence-electron chi connectivity index (χ1n) is 14.6. The fourth-order valence-corrected chi connectivity index (χ4v) is 6.43. The molecule has 41 heavy (non-hydrogen) atoms. The van der Waals surface area contributed by atoms with Gasteiger partial charge in [0.2, 0.25) is 11.8 Å². The molecule has 0 radical (unpaired) electrons. The second kappa shape index (κ2) is 12.1.